The third kappa shape index (κ3) is 2.66. The molecule has 0 saturated carbocycles. The minimum Gasteiger partial charge on any atom is -0.493 e. The standard InChI is InChI=1S/C16H22N4O2/c1-21-14-7-12-10-18-19-16(13(12)8-15(14)22-2)20-5-3-11(9-17)4-6-20/h7-8,10-11H,3-6,9,17H2,1-2H3. The van der Waals surface area contributed by atoms with Crippen LogP contribution in [0.5, 0.6) is 11.5 Å². The molecule has 1 aromatic carbocycles. The maximum absolute atomic E-state index is 5.77. The van der Waals surface area contributed by atoms with E-state index in [9.17, 15) is 0 Å². The van der Waals surface area contributed by atoms with Crippen molar-refractivity contribution in [2.45, 2.75) is 12.8 Å². The minimum absolute atomic E-state index is 0.619. The largest absolute Gasteiger partial charge is 0.493 e. The first-order valence-corrected chi connectivity index (χ1v) is 7.59. The average Bonchev–Trinajstić information content (AvgIpc) is 2.60. The van der Waals surface area contributed by atoms with Crippen LogP contribution in [0.25, 0.3) is 10.8 Å². The van der Waals surface area contributed by atoms with Gasteiger partial charge in [-0.25, -0.2) is 0 Å². The molecule has 1 aliphatic heterocycles. The highest BCUT2D eigenvalue weighted by atomic mass is 16.5. The zero-order valence-corrected chi connectivity index (χ0v) is 13.1. The first kappa shape index (κ1) is 14.8. The molecule has 1 aromatic heterocycles. The summed E-state index contributed by atoms with van der Waals surface area (Å²) in [4.78, 5) is 2.29. The number of aromatic nitrogens is 2. The number of anilines is 1. The van der Waals surface area contributed by atoms with E-state index in [-0.39, 0.29) is 0 Å². The van der Waals surface area contributed by atoms with E-state index < -0.39 is 0 Å². The minimum atomic E-state index is 0.619. The number of methoxy groups -OCH3 is 2. The van der Waals surface area contributed by atoms with E-state index in [2.05, 4.69) is 15.1 Å². The molecule has 6 heteroatoms. The Morgan fingerprint density at radius 2 is 1.86 bits per heavy atom. The Balaban J connectivity index is 1.99. The SMILES string of the molecule is COc1cc2cnnc(N3CCC(CN)CC3)c2cc1OC. The summed E-state index contributed by atoms with van der Waals surface area (Å²) < 4.78 is 10.8. The molecule has 22 heavy (non-hydrogen) atoms. The number of benzene rings is 1. The van der Waals surface area contributed by atoms with E-state index in [0.29, 0.717) is 17.4 Å². The third-order valence-corrected chi connectivity index (χ3v) is 4.39. The van der Waals surface area contributed by atoms with Crippen LogP contribution in [0.1, 0.15) is 12.8 Å². The maximum Gasteiger partial charge on any atom is 0.161 e. The van der Waals surface area contributed by atoms with Gasteiger partial charge in [0.25, 0.3) is 0 Å². The van der Waals surface area contributed by atoms with Crippen molar-refractivity contribution in [1.29, 1.82) is 0 Å². The van der Waals surface area contributed by atoms with Gasteiger partial charge in [0.15, 0.2) is 17.3 Å². The van der Waals surface area contributed by atoms with Crippen LogP contribution in [-0.4, -0.2) is 44.1 Å². The molecule has 0 radical (unpaired) electrons. The first-order valence-electron chi connectivity index (χ1n) is 7.59. The summed E-state index contributed by atoms with van der Waals surface area (Å²) >= 11 is 0. The number of ether oxygens (including phenoxy) is 2. The second-order valence-corrected chi connectivity index (χ2v) is 5.63. The number of hydrogen-bond acceptors (Lipinski definition) is 6. The smallest absolute Gasteiger partial charge is 0.161 e. The monoisotopic (exact) mass is 302 g/mol. The van der Waals surface area contributed by atoms with Crippen LogP contribution in [0.3, 0.4) is 0 Å². The lowest BCUT2D eigenvalue weighted by molar-refractivity contribution is 0.356. The van der Waals surface area contributed by atoms with E-state index in [1.807, 2.05) is 12.1 Å². The third-order valence-electron chi connectivity index (χ3n) is 4.39. The fourth-order valence-corrected chi connectivity index (χ4v) is 3.01. The highest BCUT2D eigenvalue weighted by molar-refractivity contribution is 5.94. The lowest BCUT2D eigenvalue weighted by Gasteiger charge is -2.32. The quantitative estimate of drug-likeness (QED) is 0.928. The van der Waals surface area contributed by atoms with Gasteiger partial charge in [0.1, 0.15) is 0 Å². The Morgan fingerprint density at radius 1 is 1.18 bits per heavy atom. The zero-order valence-electron chi connectivity index (χ0n) is 13.1. The molecule has 0 spiro atoms. The molecule has 0 bridgehead atoms. The number of piperidine rings is 1. The van der Waals surface area contributed by atoms with Gasteiger partial charge in [-0.1, -0.05) is 0 Å². The second kappa shape index (κ2) is 6.36. The number of hydrogen-bond donors (Lipinski definition) is 1. The summed E-state index contributed by atoms with van der Waals surface area (Å²) in [5.74, 6) is 2.94. The number of rotatable bonds is 4. The lowest BCUT2D eigenvalue weighted by Crippen LogP contribution is -2.36. The van der Waals surface area contributed by atoms with Crippen molar-refractivity contribution in [2.75, 3.05) is 38.8 Å². The summed E-state index contributed by atoms with van der Waals surface area (Å²) in [6.07, 6.45) is 3.96. The van der Waals surface area contributed by atoms with Gasteiger partial charge < -0.3 is 20.1 Å². The zero-order chi connectivity index (χ0) is 15.5. The molecule has 2 N–H and O–H groups in total. The number of nitrogens with two attached hydrogens (primary N) is 1. The van der Waals surface area contributed by atoms with Gasteiger partial charge in [0.2, 0.25) is 0 Å². The van der Waals surface area contributed by atoms with E-state index >= 15 is 0 Å². The molecule has 1 aliphatic rings. The summed E-state index contributed by atoms with van der Waals surface area (Å²) in [5, 5.41) is 10.5. The van der Waals surface area contributed by atoms with Gasteiger partial charge in [-0.05, 0) is 37.4 Å². The normalized spacial score (nSPS) is 16.0. The van der Waals surface area contributed by atoms with Crippen LogP contribution in [0.4, 0.5) is 5.82 Å². The van der Waals surface area contributed by atoms with Gasteiger partial charge in [0, 0.05) is 23.9 Å². The van der Waals surface area contributed by atoms with Crippen molar-refractivity contribution in [1.82, 2.24) is 10.2 Å². The molecule has 2 heterocycles. The van der Waals surface area contributed by atoms with Crippen LogP contribution in [0.2, 0.25) is 0 Å². The van der Waals surface area contributed by atoms with Crippen LogP contribution in [0, 0.1) is 5.92 Å². The molecule has 0 aliphatic carbocycles. The summed E-state index contributed by atoms with van der Waals surface area (Å²) in [6, 6.07) is 3.92. The molecule has 1 saturated heterocycles. The van der Waals surface area contributed by atoms with Crippen molar-refractivity contribution >= 4 is 16.6 Å². The highest BCUT2D eigenvalue weighted by Crippen LogP contribution is 2.36. The van der Waals surface area contributed by atoms with Gasteiger partial charge in [-0.15, -0.1) is 5.10 Å². The first-order chi connectivity index (χ1) is 10.8. The van der Waals surface area contributed by atoms with Crippen molar-refractivity contribution in [3.63, 3.8) is 0 Å². The summed E-state index contributed by atoms with van der Waals surface area (Å²) in [6.45, 7) is 2.69. The Bertz CT molecular complexity index is 654. The predicted octanol–water partition coefficient (Wildman–Crippen LogP) is 1.82. The van der Waals surface area contributed by atoms with Gasteiger partial charge in [-0.3, -0.25) is 0 Å². The Hall–Kier alpha value is -2.08. The van der Waals surface area contributed by atoms with Crippen molar-refractivity contribution < 1.29 is 9.47 Å². The van der Waals surface area contributed by atoms with Crippen LogP contribution in [0.15, 0.2) is 18.3 Å². The molecule has 3 rings (SSSR count). The van der Waals surface area contributed by atoms with Crippen molar-refractivity contribution in [3.05, 3.63) is 18.3 Å². The number of fused-ring (bicyclic) bond motifs is 1. The molecule has 0 atom stereocenters. The maximum atomic E-state index is 5.77. The molecule has 6 nitrogen and oxygen atoms in total. The fraction of sp³-hybridized carbons (Fsp3) is 0.500. The Kier molecular flexibility index (Phi) is 4.29. The number of nitrogens with zero attached hydrogens (tertiary/aromatic N) is 3. The van der Waals surface area contributed by atoms with E-state index in [0.717, 1.165) is 49.1 Å². The van der Waals surface area contributed by atoms with E-state index in [1.165, 1.54) is 0 Å². The van der Waals surface area contributed by atoms with Gasteiger partial charge >= 0.3 is 0 Å². The predicted molar refractivity (Wildman–Crippen MR) is 86.6 cm³/mol. The molecular formula is C16H22N4O2. The summed E-state index contributed by atoms with van der Waals surface area (Å²) in [5.41, 5.74) is 5.77. The Morgan fingerprint density at radius 3 is 2.50 bits per heavy atom. The van der Waals surface area contributed by atoms with Crippen LogP contribution in [-0.2, 0) is 0 Å². The highest BCUT2D eigenvalue weighted by Gasteiger charge is 2.21. The van der Waals surface area contributed by atoms with Crippen molar-refractivity contribution in [2.24, 2.45) is 11.7 Å². The molecule has 0 unspecified atom stereocenters. The topological polar surface area (TPSA) is 73.5 Å². The van der Waals surface area contributed by atoms with E-state index in [1.54, 1.807) is 20.4 Å². The fourth-order valence-electron chi connectivity index (χ4n) is 3.01. The second-order valence-electron chi connectivity index (χ2n) is 5.63. The average molecular weight is 302 g/mol. The lowest BCUT2D eigenvalue weighted by atomic mass is 9.97. The van der Waals surface area contributed by atoms with Crippen LogP contribution < -0.4 is 20.1 Å². The Labute approximate surface area is 130 Å². The van der Waals surface area contributed by atoms with Gasteiger partial charge in [-0.2, -0.15) is 5.10 Å². The molecular weight excluding hydrogens is 280 g/mol. The van der Waals surface area contributed by atoms with Crippen LogP contribution >= 0.6 is 0 Å². The molecule has 1 fully saturated rings. The summed E-state index contributed by atoms with van der Waals surface area (Å²) in [7, 11) is 3.28. The molecule has 118 valence electrons. The van der Waals surface area contributed by atoms with E-state index in [4.69, 9.17) is 15.2 Å². The van der Waals surface area contributed by atoms with Gasteiger partial charge in [0.05, 0.1) is 20.4 Å². The molecule has 2 aromatic rings. The van der Waals surface area contributed by atoms with Crippen molar-refractivity contribution in [3.8, 4) is 11.5 Å². The molecule has 0 amide bonds.